The van der Waals surface area contributed by atoms with Crippen LogP contribution in [0, 0.1) is 5.41 Å². The molecule has 1 saturated heterocycles. The third-order valence-electron chi connectivity index (χ3n) is 5.66. The third kappa shape index (κ3) is 3.44. The molecule has 1 aliphatic carbocycles. The zero-order valence-electron chi connectivity index (χ0n) is 14.4. The average molecular weight is 339 g/mol. The van der Waals surface area contributed by atoms with Crippen molar-refractivity contribution in [3.63, 3.8) is 0 Å². The lowest BCUT2D eigenvalue weighted by molar-refractivity contribution is -0.122. The van der Waals surface area contributed by atoms with E-state index in [1.807, 2.05) is 30.3 Å². The summed E-state index contributed by atoms with van der Waals surface area (Å²) in [4.78, 5) is 16.7. The summed E-state index contributed by atoms with van der Waals surface area (Å²) in [7, 11) is 0. The Bertz CT molecular complexity index is 728. The molecule has 0 spiro atoms. The highest BCUT2D eigenvalue weighted by molar-refractivity contribution is 5.75. The molecule has 2 unspecified atom stereocenters. The molecule has 2 heterocycles. The van der Waals surface area contributed by atoms with Gasteiger partial charge in [-0.15, -0.1) is 0 Å². The van der Waals surface area contributed by atoms with Crippen molar-refractivity contribution in [2.45, 2.75) is 44.7 Å². The van der Waals surface area contributed by atoms with Gasteiger partial charge in [0, 0.05) is 23.6 Å². The third-order valence-corrected chi connectivity index (χ3v) is 5.66. The van der Waals surface area contributed by atoms with Gasteiger partial charge in [0.1, 0.15) is 12.9 Å². The Morgan fingerprint density at radius 1 is 1.28 bits per heavy atom. The first-order valence-electron chi connectivity index (χ1n) is 9.20. The maximum Gasteiger partial charge on any atom is 0.241 e. The number of aromatic nitrogens is 3. The Morgan fingerprint density at radius 3 is 3.00 bits per heavy atom. The summed E-state index contributed by atoms with van der Waals surface area (Å²) < 4.78 is 1.61. The molecule has 0 bridgehead atoms. The number of carbonyl (C=O) groups is 1. The van der Waals surface area contributed by atoms with Gasteiger partial charge in [-0.3, -0.25) is 4.79 Å². The van der Waals surface area contributed by atoms with E-state index in [9.17, 15) is 4.79 Å². The van der Waals surface area contributed by atoms with Crippen molar-refractivity contribution in [1.29, 1.82) is 0 Å². The highest BCUT2D eigenvalue weighted by Crippen LogP contribution is 2.43. The van der Waals surface area contributed by atoms with E-state index in [-0.39, 0.29) is 17.9 Å². The van der Waals surface area contributed by atoms with Gasteiger partial charge in [-0.2, -0.15) is 5.10 Å². The van der Waals surface area contributed by atoms with Gasteiger partial charge in [0.2, 0.25) is 5.91 Å². The van der Waals surface area contributed by atoms with Crippen molar-refractivity contribution in [3.05, 3.63) is 36.7 Å². The van der Waals surface area contributed by atoms with E-state index in [1.54, 1.807) is 11.0 Å². The monoisotopic (exact) mass is 339 g/mol. The normalized spacial score (nSPS) is 25.5. The number of nitrogens with one attached hydrogen (secondary N) is 2. The van der Waals surface area contributed by atoms with Gasteiger partial charge in [0.25, 0.3) is 0 Å². The van der Waals surface area contributed by atoms with E-state index in [4.69, 9.17) is 0 Å². The van der Waals surface area contributed by atoms with Crippen LogP contribution in [0.3, 0.4) is 0 Å². The molecular weight excluding hydrogens is 314 g/mol. The van der Waals surface area contributed by atoms with Crippen LogP contribution >= 0.6 is 0 Å². The lowest BCUT2D eigenvalue weighted by atomic mass is 9.76. The van der Waals surface area contributed by atoms with E-state index in [2.05, 4.69) is 20.7 Å². The summed E-state index contributed by atoms with van der Waals surface area (Å²) in [6, 6.07) is 10.4. The first kappa shape index (κ1) is 16.3. The lowest BCUT2D eigenvalue weighted by Crippen LogP contribution is -2.52. The van der Waals surface area contributed by atoms with Crippen LogP contribution in [0.2, 0.25) is 0 Å². The summed E-state index contributed by atoms with van der Waals surface area (Å²) in [6.07, 6.45) is 7.76. The Balaban J connectivity index is 1.34. The van der Waals surface area contributed by atoms with E-state index >= 15 is 0 Å². The van der Waals surface area contributed by atoms with Gasteiger partial charge in [0.15, 0.2) is 5.82 Å². The maximum absolute atomic E-state index is 12.4. The van der Waals surface area contributed by atoms with Gasteiger partial charge in [-0.25, -0.2) is 9.67 Å². The number of carbonyl (C=O) groups excluding carboxylic acids is 1. The minimum atomic E-state index is 0.00936. The fraction of sp³-hybridized carbons (Fsp3) is 0.526. The Labute approximate surface area is 148 Å². The fourth-order valence-electron chi connectivity index (χ4n) is 4.34. The molecule has 2 fully saturated rings. The number of rotatable bonds is 5. The molecule has 0 radical (unpaired) electrons. The minimum absolute atomic E-state index is 0.00936. The average Bonchev–Trinajstić information content (AvgIpc) is 3.28. The second-order valence-corrected chi connectivity index (χ2v) is 7.27. The smallest absolute Gasteiger partial charge is 0.241 e. The lowest BCUT2D eigenvalue weighted by Gasteiger charge is -2.40. The van der Waals surface area contributed by atoms with Crippen LogP contribution in [0.4, 0.5) is 0 Å². The largest absolute Gasteiger partial charge is 0.354 e. The van der Waals surface area contributed by atoms with E-state index in [0.717, 1.165) is 18.7 Å². The zero-order valence-corrected chi connectivity index (χ0v) is 14.4. The van der Waals surface area contributed by atoms with Crippen molar-refractivity contribution in [2.75, 3.05) is 13.1 Å². The van der Waals surface area contributed by atoms with Gasteiger partial charge in [-0.05, 0) is 32.2 Å². The van der Waals surface area contributed by atoms with Gasteiger partial charge >= 0.3 is 0 Å². The molecule has 6 heteroatoms. The Kier molecular flexibility index (Phi) is 4.53. The van der Waals surface area contributed by atoms with Crippen molar-refractivity contribution in [2.24, 2.45) is 5.41 Å². The number of nitrogens with zero attached hydrogens (tertiary/aromatic N) is 3. The molecule has 1 aliphatic heterocycles. The SMILES string of the molecule is O=C(Cn1cnc(-c2ccccc2)n1)NCC12CCCNC1CCC2. The number of amides is 1. The maximum atomic E-state index is 12.4. The van der Waals surface area contributed by atoms with Gasteiger partial charge in [0.05, 0.1) is 0 Å². The molecule has 2 aliphatic rings. The topological polar surface area (TPSA) is 71.8 Å². The summed E-state index contributed by atoms with van der Waals surface area (Å²) >= 11 is 0. The Hall–Kier alpha value is -2.21. The number of hydrogen-bond donors (Lipinski definition) is 2. The molecule has 25 heavy (non-hydrogen) atoms. The molecule has 132 valence electrons. The van der Waals surface area contributed by atoms with Crippen molar-refractivity contribution < 1.29 is 4.79 Å². The van der Waals surface area contributed by atoms with Gasteiger partial charge in [-0.1, -0.05) is 36.8 Å². The predicted molar refractivity (Wildman–Crippen MR) is 95.8 cm³/mol. The number of hydrogen-bond acceptors (Lipinski definition) is 4. The second-order valence-electron chi connectivity index (χ2n) is 7.27. The van der Waals surface area contributed by atoms with E-state index in [1.165, 1.54) is 32.1 Å². The van der Waals surface area contributed by atoms with Crippen LogP contribution in [-0.2, 0) is 11.3 Å². The highest BCUT2D eigenvalue weighted by atomic mass is 16.2. The van der Waals surface area contributed by atoms with Crippen molar-refractivity contribution in [1.82, 2.24) is 25.4 Å². The summed E-state index contributed by atoms with van der Waals surface area (Å²) in [5, 5.41) is 11.2. The standard InChI is InChI=1S/C19H25N5O/c25-17(21-13-19-9-4-8-16(19)20-11-5-10-19)12-24-14-22-18(23-24)15-6-2-1-3-7-15/h1-3,6-7,14,16,20H,4-5,8-13H2,(H,21,25). The first-order valence-corrected chi connectivity index (χ1v) is 9.20. The van der Waals surface area contributed by atoms with Crippen LogP contribution in [0.1, 0.15) is 32.1 Å². The second kappa shape index (κ2) is 6.96. The molecule has 6 nitrogen and oxygen atoms in total. The molecule has 2 N–H and O–H groups in total. The van der Waals surface area contributed by atoms with Crippen LogP contribution in [0.25, 0.3) is 11.4 Å². The predicted octanol–water partition coefficient (Wildman–Crippen LogP) is 1.98. The minimum Gasteiger partial charge on any atom is -0.354 e. The summed E-state index contributed by atoms with van der Waals surface area (Å²) in [5.41, 5.74) is 1.22. The number of benzene rings is 1. The van der Waals surface area contributed by atoms with Crippen LogP contribution in [0.15, 0.2) is 36.7 Å². The van der Waals surface area contributed by atoms with E-state index in [0.29, 0.717) is 11.9 Å². The highest BCUT2D eigenvalue weighted by Gasteiger charge is 2.44. The molecule has 4 rings (SSSR count). The summed E-state index contributed by atoms with van der Waals surface area (Å²) in [6.45, 7) is 2.10. The quantitative estimate of drug-likeness (QED) is 0.874. The molecule has 2 aromatic rings. The summed E-state index contributed by atoms with van der Waals surface area (Å²) in [5.74, 6) is 0.662. The molecule has 1 saturated carbocycles. The zero-order chi connectivity index (χ0) is 17.1. The first-order chi connectivity index (χ1) is 12.3. The van der Waals surface area contributed by atoms with Crippen LogP contribution < -0.4 is 10.6 Å². The van der Waals surface area contributed by atoms with Crippen molar-refractivity contribution >= 4 is 5.91 Å². The number of piperidine rings is 1. The fourth-order valence-corrected chi connectivity index (χ4v) is 4.34. The van der Waals surface area contributed by atoms with E-state index < -0.39 is 0 Å². The van der Waals surface area contributed by atoms with Crippen LogP contribution in [-0.4, -0.2) is 39.8 Å². The van der Waals surface area contributed by atoms with Crippen molar-refractivity contribution in [3.8, 4) is 11.4 Å². The molecule has 2 atom stereocenters. The number of fused-ring (bicyclic) bond motifs is 1. The molecule has 1 aromatic carbocycles. The molecular formula is C19H25N5O. The Morgan fingerprint density at radius 2 is 2.12 bits per heavy atom. The molecule has 1 aromatic heterocycles. The van der Waals surface area contributed by atoms with Crippen LogP contribution in [0.5, 0.6) is 0 Å². The molecule has 1 amide bonds. The van der Waals surface area contributed by atoms with Gasteiger partial charge < -0.3 is 10.6 Å².